The molecule has 0 spiro atoms. The number of ether oxygens (including phenoxy) is 1. The van der Waals surface area contributed by atoms with Gasteiger partial charge in [-0.3, -0.25) is 0 Å². The number of carbonyl (C=O) groups is 1. The Morgan fingerprint density at radius 2 is 2.22 bits per heavy atom. The molecule has 0 saturated carbocycles. The summed E-state index contributed by atoms with van der Waals surface area (Å²) in [6.45, 7) is 0. The summed E-state index contributed by atoms with van der Waals surface area (Å²) in [6, 6.07) is 5.81. The van der Waals surface area contributed by atoms with Crippen molar-refractivity contribution in [2.24, 2.45) is 0 Å². The van der Waals surface area contributed by atoms with Gasteiger partial charge in [-0.1, -0.05) is 12.1 Å². The van der Waals surface area contributed by atoms with Crippen LogP contribution in [0.25, 0.3) is 11.3 Å². The second-order valence-electron chi connectivity index (χ2n) is 3.49. The number of hydrogen-bond acceptors (Lipinski definition) is 5. The molecular weight excluding hydrogens is 237 g/mol. The van der Waals surface area contributed by atoms with Crippen LogP contribution in [0.3, 0.4) is 0 Å². The van der Waals surface area contributed by atoms with Crippen molar-refractivity contribution in [2.45, 2.75) is 0 Å². The molecule has 0 atom stereocenters. The van der Waals surface area contributed by atoms with E-state index in [4.69, 9.17) is 5.73 Å². The number of nitrogens with zero attached hydrogens (tertiary/aromatic N) is 2. The van der Waals surface area contributed by atoms with Crippen molar-refractivity contribution in [2.75, 3.05) is 12.8 Å². The predicted octanol–water partition coefficient (Wildman–Crippen LogP) is 1.65. The largest absolute Gasteiger partial charge is 0.464 e. The van der Waals surface area contributed by atoms with Crippen LogP contribution in [0.15, 0.2) is 30.5 Å². The van der Waals surface area contributed by atoms with Crippen molar-refractivity contribution in [3.63, 3.8) is 0 Å². The molecule has 2 rings (SSSR count). The maximum Gasteiger partial charge on any atom is 0.360 e. The molecule has 0 amide bonds. The van der Waals surface area contributed by atoms with E-state index in [9.17, 15) is 9.18 Å². The van der Waals surface area contributed by atoms with E-state index >= 15 is 0 Å². The van der Waals surface area contributed by atoms with Gasteiger partial charge in [0.25, 0.3) is 0 Å². The first-order chi connectivity index (χ1) is 8.61. The number of rotatable bonds is 2. The van der Waals surface area contributed by atoms with Crippen LogP contribution < -0.4 is 5.73 Å². The lowest BCUT2D eigenvalue weighted by atomic mass is 10.1. The number of nitrogen functional groups attached to an aromatic ring is 1. The maximum atomic E-state index is 13.1. The molecule has 6 heteroatoms. The minimum absolute atomic E-state index is 0.0259. The second kappa shape index (κ2) is 4.79. The number of methoxy groups -OCH3 is 1. The Hall–Kier alpha value is -2.50. The van der Waals surface area contributed by atoms with Gasteiger partial charge in [-0.2, -0.15) is 0 Å². The van der Waals surface area contributed by atoms with Gasteiger partial charge in [-0.15, -0.1) is 0 Å². The highest BCUT2D eigenvalue weighted by atomic mass is 19.1. The summed E-state index contributed by atoms with van der Waals surface area (Å²) in [7, 11) is 1.22. The van der Waals surface area contributed by atoms with Gasteiger partial charge in [0.1, 0.15) is 5.82 Å². The number of benzene rings is 1. The summed E-state index contributed by atoms with van der Waals surface area (Å²) in [5.74, 6) is -1.11. The number of hydrogen-bond donors (Lipinski definition) is 1. The average molecular weight is 247 g/mol. The lowest BCUT2D eigenvalue weighted by molar-refractivity contribution is 0.0595. The fourth-order valence-corrected chi connectivity index (χ4v) is 1.43. The SMILES string of the molecule is COC(=O)c1nc(-c2cccc(F)c2)cnc1N. The number of aromatic nitrogens is 2. The third-order valence-electron chi connectivity index (χ3n) is 2.30. The van der Waals surface area contributed by atoms with Crippen LogP contribution in [0.2, 0.25) is 0 Å². The van der Waals surface area contributed by atoms with E-state index in [-0.39, 0.29) is 11.5 Å². The van der Waals surface area contributed by atoms with E-state index in [1.165, 1.54) is 25.4 Å². The summed E-state index contributed by atoms with van der Waals surface area (Å²) in [6.07, 6.45) is 1.37. The molecule has 0 fully saturated rings. The van der Waals surface area contributed by atoms with Crippen LogP contribution in [0.1, 0.15) is 10.5 Å². The smallest absolute Gasteiger partial charge is 0.360 e. The highest BCUT2D eigenvalue weighted by Gasteiger charge is 2.14. The van der Waals surface area contributed by atoms with Crippen molar-refractivity contribution in [3.8, 4) is 11.3 Å². The summed E-state index contributed by atoms with van der Waals surface area (Å²) in [5, 5.41) is 0. The molecule has 92 valence electrons. The number of esters is 1. The van der Waals surface area contributed by atoms with Crippen molar-refractivity contribution in [1.82, 2.24) is 9.97 Å². The molecule has 0 saturated heterocycles. The maximum absolute atomic E-state index is 13.1. The first kappa shape index (κ1) is 12.0. The Morgan fingerprint density at radius 1 is 1.44 bits per heavy atom. The third kappa shape index (κ3) is 2.27. The zero-order chi connectivity index (χ0) is 13.1. The van der Waals surface area contributed by atoms with Crippen LogP contribution in [-0.4, -0.2) is 23.0 Å². The number of carbonyl (C=O) groups excluding carboxylic acids is 1. The van der Waals surface area contributed by atoms with Crippen LogP contribution in [0, 0.1) is 5.82 Å². The normalized spacial score (nSPS) is 10.1. The van der Waals surface area contributed by atoms with E-state index in [0.717, 1.165) is 0 Å². The number of nitrogens with two attached hydrogens (primary N) is 1. The minimum Gasteiger partial charge on any atom is -0.464 e. The summed E-state index contributed by atoms with van der Waals surface area (Å²) < 4.78 is 17.6. The van der Waals surface area contributed by atoms with Crippen molar-refractivity contribution in [1.29, 1.82) is 0 Å². The Labute approximate surface area is 102 Å². The Kier molecular flexibility index (Phi) is 3.18. The highest BCUT2D eigenvalue weighted by Crippen LogP contribution is 2.19. The van der Waals surface area contributed by atoms with Gasteiger partial charge in [-0.25, -0.2) is 19.2 Å². The van der Waals surface area contributed by atoms with E-state index < -0.39 is 11.8 Å². The van der Waals surface area contributed by atoms with E-state index in [1.807, 2.05) is 0 Å². The Morgan fingerprint density at radius 3 is 2.89 bits per heavy atom. The summed E-state index contributed by atoms with van der Waals surface area (Å²) in [5.41, 5.74) is 6.30. The van der Waals surface area contributed by atoms with Crippen LogP contribution in [0.5, 0.6) is 0 Å². The molecule has 0 aliphatic rings. The molecule has 0 aliphatic heterocycles. The molecular formula is C12H10FN3O2. The molecule has 5 nitrogen and oxygen atoms in total. The molecule has 0 bridgehead atoms. The van der Waals surface area contributed by atoms with Gasteiger partial charge in [0.2, 0.25) is 0 Å². The standard InChI is InChI=1S/C12H10FN3O2/c1-18-12(17)10-11(14)15-6-9(16-10)7-3-2-4-8(13)5-7/h2-6H,1H3,(H2,14,15). The quantitative estimate of drug-likeness (QED) is 0.816. The molecule has 0 unspecified atom stereocenters. The van der Waals surface area contributed by atoms with Crippen LogP contribution in [-0.2, 0) is 4.74 Å². The average Bonchev–Trinajstić information content (AvgIpc) is 2.38. The van der Waals surface area contributed by atoms with E-state index in [0.29, 0.717) is 11.3 Å². The number of anilines is 1. The molecule has 0 radical (unpaired) electrons. The molecule has 1 heterocycles. The summed E-state index contributed by atoms with van der Waals surface area (Å²) in [4.78, 5) is 19.3. The second-order valence-corrected chi connectivity index (χ2v) is 3.49. The van der Waals surface area contributed by atoms with Crippen molar-refractivity contribution < 1.29 is 13.9 Å². The van der Waals surface area contributed by atoms with Crippen molar-refractivity contribution >= 4 is 11.8 Å². The van der Waals surface area contributed by atoms with Gasteiger partial charge in [0.05, 0.1) is 19.0 Å². The predicted molar refractivity (Wildman–Crippen MR) is 63.2 cm³/mol. The van der Waals surface area contributed by atoms with Gasteiger partial charge in [0, 0.05) is 5.56 Å². The topological polar surface area (TPSA) is 78.1 Å². The molecule has 1 aromatic heterocycles. The minimum atomic E-state index is -0.682. The van der Waals surface area contributed by atoms with Crippen LogP contribution >= 0.6 is 0 Å². The van der Waals surface area contributed by atoms with Gasteiger partial charge < -0.3 is 10.5 Å². The van der Waals surface area contributed by atoms with E-state index in [2.05, 4.69) is 14.7 Å². The van der Waals surface area contributed by atoms with Crippen LogP contribution in [0.4, 0.5) is 10.2 Å². The van der Waals surface area contributed by atoms with Gasteiger partial charge in [0.15, 0.2) is 11.5 Å². The Balaban J connectivity index is 2.50. The third-order valence-corrected chi connectivity index (χ3v) is 2.30. The molecule has 2 N–H and O–H groups in total. The zero-order valence-corrected chi connectivity index (χ0v) is 9.55. The molecule has 0 aliphatic carbocycles. The monoisotopic (exact) mass is 247 g/mol. The lowest BCUT2D eigenvalue weighted by Gasteiger charge is -2.05. The van der Waals surface area contributed by atoms with Crippen molar-refractivity contribution in [3.05, 3.63) is 42.0 Å². The molecule has 18 heavy (non-hydrogen) atoms. The lowest BCUT2D eigenvalue weighted by Crippen LogP contribution is -2.10. The van der Waals surface area contributed by atoms with Gasteiger partial charge in [-0.05, 0) is 12.1 Å². The zero-order valence-electron chi connectivity index (χ0n) is 9.55. The molecule has 2 aromatic rings. The number of halogens is 1. The first-order valence-corrected chi connectivity index (χ1v) is 5.08. The Bertz CT molecular complexity index is 602. The molecule has 1 aromatic carbocycles. The van der Waals surface area contributed by atoms with E-state index in [1.54, 1.807) is 12.1 Å². The fourth-order valence-electron chi connectivity index (χ4n) is 1.43. The first-order valence-electron chi connectivity index (χ1n) is 5.08. The fraction of sp³-hybridized carbons (Fsp3) is 0.0833. The highest BCUT2D eigenvalue weighted by molar-refractivity contribution is 5.92. The summed E-state index contributed by atoms with van der Waals surface area (Å²) >= 11 is 0. The van der Waals surface area contributed by atoms with Gasteiger partial charge >= 0.3 is 5.97 Å².